The summed E-state index contributed by atoms with van der Waals surface area (Å²) in [6, 6.07) is 4.58. The van der Waals surface area contributed by atoms with Crippen molar-refractivity contribution in [3.05, 3.63) is 24.3 Å². The van der Waals surface area contributed by atoms with E-state index in [9.17, 15) is 17.2 Å². The first-order chi connectivity index (χ1) is 8.72. The van der Waals surface area contributed by atoms with E-state index in [0.717, 1.165) is 12.1 Å². The van der Waals surface area contributed by atoms with Crippen LogP contribution in [0.25, 0.3) is 0 Å². The van der Waals surface area contributed by atoms with Crippen molar-refractivity contribution in [3.63, 3.8) is 0 Å². The van der Waals surface area contributed by atoms with Crippen LogP contribution in [0.2, 0.25) is 0 Å². The van der Waals surface area contributed by atoms with Crippen LogP contribution in [0, 0.1) is 0 Å². The van der Waals surface area contributed by atoms with Gasteiger partial charge in [-0.05, 0) is 42.3 Å². The molecule has 0 fully saturated rings. The van der Waals surface area contributed by atoms with Crippen molar-refractivity contribution in [1.29, 1.82) is 0 Å². The lowest BCUT2D eigenvalue weighted by atomic mass is 10.2. The molecule has 0 aromatic heterocycles. The summed E-state index contributed by atoms with van der Waals surface area (Å²) in [5, 5.41) is 11.9. The molecule has 1 aromatic carbocycles. The van der Waals surface area contributed by atoms with E-state index in [4.69, 9.17) is 5.11 Å². The quantitative estimate of drug-likeness (QED) is 0.792. The highest BCUT2D eigenvalue weighted by atomic mass is 35.5. The van der Waals surface area contributed by atoms with Gasteiger partial charge in [0.25, 0.3) is 9.84 Å². The molecule has 1 atom stereocenters. The Labute approximate surface area is 115 Å². The fourth-order valence-electron chi connectivity index (χ4n) is 1.38. The Kier molecular flexibility index (Phi) is 5.11. The van der Waals surface area contributed by atoms with Crippen LogP contribution in [0.4, 0.5) is 14.5 Å². The van der Waals surface area contributed by atoms with E-state index in [1.807, 2.05) is 6.92 Å². The van der Waals surface area contributed by atoms with E-state index in [0.29, 0.717) is 12.1 Å². The standard InChI is InChI=1S/C11H14ClF2NO3S/c1-2-8(7-16)15-9-3-5-10(6-4-9)19(17,18)11(12,13)14/h3-6,8,15-16H,2,7H2,1H3/t8-/m1/s1. The summed E-state index contributed by atoms with van der Waals surface area (Å²) < 4.78 is 43.8. The zero-order chi connectivity index (χ0) is 14.7. The summed E-state index contributed by atoms with van der Waals surface area (Å²) in [5.74, 6) is 0. The van der Waals surface area contributed by atoms with Crippen LogP contribution in [-0.2, 0) is 9.84 Å². The fraction of sp³-hybridized carbons (Fsp3) is 0.455. The number of hydrogen-bond acceptors (Lipinski definition) is 4. The summed E-state index contributed by atoms with van der Waals surface area (Å²) in [7, 11) is -4.88. The number of nitrogens with one attached hydrogen (secondary N) is 1. The summed E-state index contributed by atoms with van der Waals surface area (Å²) in [4.78, 5) is -0.560. The Balaban J connectivity index is 2.95. The van der Waals surface area contributed by atoms with Gasteiger partial charge < -0.3 is 10.4 Å². The SMILES string of the molecule is CC[C@H](CO)Nc1ccc(S(=O)(=O)C(F)(F)Cl)cc1. The Morgan fingerprint density at radius 3 is 2.26 bits per heavy atom. The number of anilines is 1. The third-order valence-corrected chi connectivity index (χ3v) is 4.66. The van der Waals surface area contributed by atoms with Gasteiger partial charge in [-0.3, -0.25) is 0 Å². The van der Waals surface area contributed by atoms with Crippen molar-refractivity contribution in [2.24, 2.45) is 0 Å². The Morgan fingerprint density at radius 2 is 1.89 bits per heavy atom. The Bertz CT molecular complexity index is 510. The van der Waals surface area contributed by atoms with E-state index < -0.39 is 19.4 Å². The van der Waals surface area contributed by atoms with Crippen LogP contribution in [-0.4, -0.2) is 30.9 Å². The van der Waals surface area contributed by atoms with Gasteiger partial charge in [-0.2, -0.15) is 8.78 Å². The van der Waals surface area contributed by atoms with E-state index in [2.05, 4.69) is 16.9 Å². The predicted octanol–water partition coefficient (Wildman–Crippen LogP) is 2.43. The Hall–Kier alpha value is -0.920. The van der Waals surface area contributed by atoms with Crippen molar-refractivity contribution >= 4 is 27.1 Å². The lowest BCUT2D eigenvalue weighted by Gasteiger charge is -2.16. The molecule has 0 aliphatic rings. The average molecular weight is 314 g/mol. The van der Waals surface area contributed by atoms with Gasteiger partial charge in [0, 0.05) is 11.7 Å². The molecule has 0 spiro atoms. The van der Waals surface area contributed by atoms with Gasteiger partial charge in [-0.1, -0.05) is 6.92 Å². The average Bonchev–Trinajstić information content (AvgIpc) is 2.35. The highest BCUT2D eigenvalue weighted by Gasteiger charge is 2.43. The van der Waals surface area contributed by atoms with Crippen LogP contribution in [0.1, 0.15) is 13.3 Å². The summed E-state index contributed by atoms with van der Waals surface area (Å²) >= 11 is 4.56. The van der Waals surface area contributed by atoms with Gasteiger partial charge in [0.15, 0.2) is 0 Å². The third-order valence-electron chi connectivity index (χ3n) is 2.55. The first kappa shape index (κ1) is 16.1. The van der Waals surface area contributed by atoms with Crippen LogP contribution in [0.15, 0.2) is 29.2 Å². The molecule has 0 bridgehead atoms. The molecule has 4 nitrogen and oxygen atoms in total. The smallest absolute Gasteiger partial charge is 0.394 e. The van der Waals surface area contributed by atoms with Gasteiger partial charge in [-0.15, -0.1) is 0 Å². The molecule has 0 saturated heterocycles. The van der Waals surface area contributed by atoms with Gasteiger partial charge in [0.2, 0.25) is 0 Å². The maximum absolute atomic E-state index is 12.7. The molecular formula is C11H14ClF2NO3S. The number of benzene rings is 1. The summed E-state index contributed by atoms with van der Waals surface area (Å²) in [5.41, 5.74) is 0.526. The molecule has 0 saturated carbocycles. The Morgan fingerprint density at radius 1 is 1.37 bits per heavy atom. The zero-order valence-corrected chi connectivity index (χ0v) is 11.7. The van der Waals surface area contributed by atoms with E-state index in [1.165, 1.54) is 12.1 Å². The van der Waals surface area contributed by atoms with Gasteiger partial charge in [0.1, 0.15) is 0 Å². The molecule has 0 aliphatic heterocycles. The van der Waals surface area contributed by atoms with Gasteiger partial charge in [-0.25, -0.2) is 8.42 Å². The van der Waals surface area contributed by atoms with Gasteiger partial charge >= 0.3 is 4.71 Å². The lowest BCUT2D eigenvalue weighted by molar-refractivity contribution is 0.187. The first-order valence-electron chi connectivity index (χ1n) is 5.51. The number of hydrogen-bond donors (Lipinski definition) is 2. The topological polar surface area (TPSA) is 66.4 Å². The third kappa shape index (κ3) is 3.77. The van der Waals surface area contributed by atoms with Gasteiger partial charge in [0.05, 0.1) is 11.5 Å². The molecule has 0 heterocycles. The molecule has 0 amide bonds. The normalized spacial score (nSPS) is 14.2. The molecule has 1 aromatic rings. The highest BCUT2D eigenvalue weighted by molar-refractivity contribution is 7.93. The number of alkyl halides is 3. The lowest BCUT2D eigenvalue weighted by Crippen LogP contribution is -2.23. The second kappa shape index (κ2) is 6.02. The second-order valence-corrected chi connectivity index (χ2v) is 6.60. The number of aliphatic hydroxyl groups is 1. The molecular weight excluding hydrogens is 300 g/mol. The number of rotatable bonds is 6. The van der Waals surface area contributed by atoms with E-state index >= 15 is 0 Å². The molecule has 1 rings (SSSR count). The monoisotopic (exact) mass is 313 g/mol. The molecule has 2 N–H and O–H groups in total. The second-order valence-electron chi connectivity index (χ2n) is 3.91. The number of halogens is 3. The molecule has 0 aliphatic carbocycles. The zero-order valence-electron chi connectivity index (χ0n) is 10.1. The van der Waals surface area contributed by atoms with Crippen molar-refractivity contribution in [2.75, 3.05) is 11.9 Å². The van der Waals surface area contributed by atoms with Crippen molar-refractivity contribution in [3.8, 4) is 0 Å². The molecule has 8 heteroatoms. The highest BCUT2D eigenvalue weighted by Crippen LogP contribution is 2.33. The first-order valence-corrected chi connectivity index (χ1v) is 7.37. The minimum Gasteiger partial charge on any atom is -0.394 e. The van der Waals surface area contributed by atoms with Crippen LogP contribution < -0.4 is 5.32 Å². The predicted molar refractivity (Wildman–Crippen MR) is 69.2 cm³/mol. The van der Waals surface area contributed by atoms with Crippen molar-refractivity contribution in [2.45, 2.75) is 29.0 Å². The molecule has 0 unspecified atom stereocenters. The number of aliphatic hydroxyl groups excluding tert-OH is 1. The maximum Gasteiger partial charge on any atom is 0.427 e. The number of sulfone groups is 1. The van der Waals surface area contributed by atoms with E-state index in [-0.39, 0.29) is 12.6 Å². The van der Waals surface area contributed by atoms with Crippen LogP contribution in [0.3, 0.4) is 0 Å². The fourth-order valence-corrected chi connectivity index (χ4v) is 2.41. The molecule has 19 heavy (non-hydrogen) atoms. The largest absolute Gasteiger partial charge is 0.427 e. The van der Waals surface area contributed by atoms with Crippen LogP contribution in [0.5, 0.6) is 0 Å². The maximum atomic E-state index is 12.7. The van der Waals surface area contributed by atoms with Crippen molar-refractivity contribution < 1.29 is 22.3 Å². The molecule has 108 valence electrons. The van der Waals surface area contributed by atoms with E-state index in [1.54, 1.807) is 0 Å². The van der Waals surface area contributed by atoms with Crippen LogP contribution >= 0.6 is 11.6 Å². The minimum absolute atomic E-state index is 0.0870. The minimum atomic E-state index is -4.88. The molecule has 0 radical (unpaired) electrons. The summed E-state index contributed by atoms with van der Waals surface area (Å²) in [6.07, 6.45) is 0.663. The summed E-state index contributed by atoms with van der Waals surface area (Å²) in [6.45, 7) is 1.77. The van der Waals surface area contributed by atoms with Crippen molar-refractivity contribution in [1.82, 2.24) is 0 Å².